The van der Waals surface area contributed by atoms with Crippen LogP contribution in [-0.2, 0) is 0 Å². The largest absolute Gasteiger partial charge is 0.477 e. The zero-order valence-corrected chi connectivity index (χ0v) is 12.6. The molecule has 9 heteroatoms. The van der Waals surface area contributed by atoms with E-state index in [1.165, 1.54) is 15.9 Å². The number of thiazole rings is 1. The molecule has 0 unspecified atom stereocenters. The van der Waals surface area contributed by atoms with E-state index in [0.29, 0.717) is 10.7 Å². The van der Waals surface area contributed by atoms with Crippen molar-refractivity contribution in [3.05, 3.63) is 50.2 Å². The Morgan fingerprint density at radius 2 is 2.23 bits per heavy atom. The van der Waals surface area contributed by atoms with Crippen LogP contribution in [0.4, 0.5) is 4.39 Å². The van der Waals surface area contributed by atoms with E-state index in [1.54, 1.807) is 12.4 Å². The van der Waals surface area contributed by atoms with E-state index in [4.69, 9.17) is 11.6 Å². The van der Waals surface area contributed by atoms with E-state index in [-0.39, 0.29) is 11.0 Å². The molecule has 0 bridgehead atoms. The zero-order chi connectivity index (χ0) is 16.0. The van der Waals surface area contributed by atoms with Crippen molar-refractivity contribution < 1.29 is 14.3 Å². The normalized spacial score (nSPS) is 11.0. The molecule has 0 aromatic carbocycles. The van der Waals surface area contributed by atoms with Gasteiger partial charge in [0.25, 0.3) is 0 Å². The average Bonchev–Trinajstić information content (AvgIpc) is 2.87. The quantitative estimate of drug-likeness (QED) is 0.725. The highest BCUT2D eigenvalue weighted by atomic mass is 35.5. The summed E-state index contributed by atoms with van der Waals surface area (Å²) in [7, 11) is 0. The van der Waals surface area contributed by atoms with Gasteiger partial charge in [-0.3, -0.25) is 9.36 Å². The average molecular weight is 340 g/mol. The molecule has 3 heterocycles. The summed E-state index contributed by atoms with van der Waals surface area (Å²) in [5.41, 5.74) is 0.968. The van der Waals surface area contributed by atoms with E-state index in [0.717, 1.165) is 12.3 Å². The molecular weight excluding hydrogens is 333 g/mol. The third kappa shape index (κ3) is 2.16. The molecule has 6 nitrogen and oxygen atoms in total. The monoisotopic (exact) mass is 339 g/mol. The first-order valence-electron chi connectivity index (χ1n) is 5.95. The van der Waals surface area contributed by atoms with Gasteiger partial charge in [0.15, 0.2) is 16.6 Å². The van der Waals surface area contributed by atoms with Crippen LogP contribution in [0.5, 0.6) is 0 Å². The lowest BCUT2D eigenvalue weighted by molar-refractivity contribution is 0.0695. The first-order chi connectivity index (χ1) is 10.4. The molecule has 0 fully saturated rings. The maximum absolute atomic E-state index is 13.6. The van der Waals surface area contributed by atoms with Crippen LogP contribution in [-0.4, -0.2) is 25.6 Å². The van der Waals surface area contributed by atoms with Gasteiger partial charge in [0.1, 0.15) is 10.6 Å². The van der Waals surface area contributed by atoms with Crippen LogP contribution in [0.15, 0.2) is 22.6 Å². The number of fused-ring (bicyclic) bond motifs is 1. The number of carboxylic acid groups (broad SMARTS) is 1. The van der Waals surface area contributed by atoms with Crippen LogP contribution in [0, 0.1) is 12.7 Å². The Morgan fingerprint density at radius 3 is 2.82 bits per heavy atom. The molecular formula is C13H7ClFN3O3S. The van der Waals surface area contributed by atoms with Crippen molar-refractivity contribution in [3.63, 3.8) is 0 Å². The summed E-state index contributed by atoms with van der Waals surface area (Å²) in [4.78, 5) is 31.4. The molecule has 1 N–H and O–H groups in total. The Hall–Kier alpha value is -2.32. The lowest BCUT2D eigenvalue weighted by Gasteiger charge is -2.10. The van der Waals surface area contributed by atoms with Gasteiger partial charge in [-0.05, 0) is 13.0 Å². The van der Waals surface area contributed by atoms with Crippen LogP contribution in [0.1, 0.15) is 16.1 Å². The third-order valence-electron chi connectivity index (χ3n) is 3.06. The van der Waals surface area contributed by atoms with Crippen LogP contribution < -0.4 is 5.43 Å². The summed E-state index contributed by atoms with van der Waals surface area (Å²) in [6.07, 6.45) is 1.15. The van der Waals surface area contributed by atoms with Crippen molar-refractivity contribution in [1.29, 1.82) is 0 Å². The molecule has 0 saturated heterocycles. The van der Waals surface area contributed by atoms with Crippen molar-refractivity contribution in [2.24, 2.45) is 0 Å². The van der Waals surface area contributed by atoms with Gasteiger partial charge in [0, 0.05) is 6.20 Å². The fourth-order valence-corrected chi connectivity index (χ4v) is 2.96. The Kier molecular flexibility index (Phi) is 3.42. The summed E-state index contributed by atoms with van der Waals surface area (Å²) in [5, 5.41) is 9.19. The minimum atomic E-state index is -1.40. The second kappa shape index (κ2) is 5.15. The van der Waals surface area contributed by atoms with Crippen molar-refractivity contribution in [3.8, 4) is 5.00 Å². The lowest BCUT2D eigenvalue weighted by atomic mass is 10.2. The highest BCUT2D eigenvalue weighted by Gasteiger charge is 2.19. The molecule has 3 aromatic heterocycles. The number of carbonyl (C=O) groups is 1. The van der Waals surface area contributed by atoms with E-state index >= 15 is 0 Å². The van der Waals surface area contributed by atoms with Crippen LogP contribution in [0.3, 0.4) is 0 Å². The number of aryl methyl sites for hydroxylation is 1. The molecule has 112 valence electrons. The maximum atomic E-state index is 13.6. The summed E-state index contributed by atoms with van der Waals surface area (Å²) < 4.78 is 15.0. The number of aromatic carboxylic acids is 1. The van der Waals surface area contributed by atoms with Crippen LogP contribution >= 0.6 is 22.9 Å². The summed E-state index contributed by atoms with van der Waals surface area (Å²) in [6.45, 7) is 1.72. The topological polar surface area (TPSA) is 85.1 Å². The predicted octanol–water partition coefficient (Wildman–Crippen LogP) is 2.64. The minimum absolute atomic E-state index is 0.0775. The molecule has 0 spiro atoms. The van der Waals surface area contributed by atoms with Gasteiger partial charge in [0.2, 0.25) is 5.43 Å². The van der Waals surface area contributed by atoms with Crippen LogP contribution in [0.2, 0.25) is 5.15 Å². The van der Waals surface area contributed by atoms with Gasteiger partial charge < -0.3 is 5.11 Å². The fourth-order valence-electron chi connectivity index (χ4n) is 2.04. The SMILES string of the molecule is Cc1ncsc1-n1cc(C(=O)O)c(=O)c2cc(F)c(Cl)nc21. The highest BCUT2D eigenvalue weighted by molar-refractivity contribution is 7.12. The Labute approximate surface area is 131 Å². The van der Waals surface area contributed by atoms with Gasteiger partial charge in [0.05, 0.1) is 16.6 Å². The molecule has 3 rings (SSSR count). The molecule has 0 atom stereocenters. The van der Waals surface area contributed by atoms with Gasteiger partial charge in [-0.25, -0.2) is 19.2 Å². The standard InChI is InChI=1S/C13H7ClFN3O3S/c1-5-12(22-4-16-5)18-3-7(13(20)21)9(19)6-2-8(15)10(14)17-11(6)18/h2-4H,1H3,(H,20,21). The number of halogens is 2. The molecule has 0 aliphatic carbocycles. The summed E-state index contributed by atoms with van der Waals surface area (Å²) >= 11 is 6.92. The smallest absolute Gasteiger partial charge is 0.341 e. The summed E-state index contributed by atoms with van der Waals surface area (Å²) in [6, 6.07) is 0.895. The predicted molar refractivity (Wildman–Crippen MR) is 79.7 cm³/mol. The Balaban J connectivity index is 2.53. The molecule has 3 aromatic rings. The van der Waals surface area contributed by atoms with Gasteiger partial charge >= 0.3 is 5.97 Å². The maximum Gasteiger partial charge on any atom is 0.341 e. The molecule has 22 heavy (non-hydrogen) atoms. The second-order valence-electron chi connectivity index (χ2n) is 4.42. The lowest BCUT2D eigenvalue weighted by Crippen LogP contribution is -2.19. The molecule has 0 saturated carbocycles. The second-order valence-corrected chi connectivity index (χ2v) is 5.61. The zero-order valence-electron chi connectivity index (χ0n) is 11.0. The fraction of sp³-hybridized carbons (Fsp3) is 0.0769. The Bertz CT molecular complexity index is 983. The third-order valence-corrected chi connectivity index (χ3v) is 4.25. The molecule has 0 aliphatic rings. The number of rotatable bonds is 2. The van der Waals surface area contributed by atoms with Crippen molar-refractivity contribution in [2.75, 3.05) is 0 Å². The Morgan fingerprint density at radius 1 is 1.50 bits per heavy atom. The van der Waals surface area contributed by atoms with Gasteiger partial charge in [-0.15, -0.1) is 11.3 Å². The van der Waals surface area contributed by atoms with E-state index in [1.807, 2.05) is 0 Å². The van der Waals surface area contributed by atoms with Crippen molar-refractivity contribution >= 4 is 39.9 Å². The number of pyridine rings is 2. The number of carboxylic acids is 1. The van der Waals surface area contributed by atoms with Gasteiger partial charge in [-0.2, -0.15) is 0 Å². The molecule has 0 amide bonds. The highest BCUT2D eigenvalue weighted by Crippen LogP contribution is 2.24. The first-order valence-corrected chi connectivity index (χ1v) is 7.21. The number of hydrogen-bond acceptors (Lipinski definition) is 5. The van der Waals surface area contributed by atoms with Crippen molar-refractivity contribution in [2.45, 2.75) is 6.92 Å². The number of nitrogens with zero attached hydrogens (tertiary/aromatic N) is 3. The van der Waals surface area contributed by atoms with Crippen molar-refractivity contribution in [1.82, 2.24) is 14.5 Å². The number of hydrogen-bond donors (Lipinski definition) is 1. The van der Waals surface area contributed by atoms with E-state index in [2.05, 4.69) is 9.97 Å². The molecule has 0 radical (unpaired) electrons. The van der Waals surface area contributed by atoms with E-state index < -0.39 is 27.9 Å². The van der Waals surface area contributed by atoms with E-state index in [9.17, 15) is 19.1 Å². The molecule has 0 aliphatic heterocycles. The van der Waals surface area contributed by atoms with Crippen LogP contribution in [0.25, 0.3) is 16.0 Å². The first kappa shape index (κ1) is 14.6. The van der Waals surface area contributed by atoms with Gasteiger partial charge in [-0.1, -0.05) is 11.6 Å². The number of aromatic nitrogens is 3. The summed E-state index contributed by atoms with van der Waals surface area (Å²) in [5.74, 6) is -2.29. The minimum Gasteiger partial charge on any atom is -0.477 e.